The number of amides is 1. The van der Waals surface area contributed by atoms with E-state index in [0.717, 1.165) is 38.3 Å². The molecule has 0 spiro atoms. The maximum atomic E-state index is 13.1. The highest BCUT2D eigenvalue weighted by atomic mass is 32.1. The Labute approximate surface area is 185 Å². The molecule has 1 aliphatic rings. The number of ether oxygens (including phenoxy) is 1. The number of hydrogen-bond acceptors (Lipinski definition) is 6. The summed E-state index contributed by atoms with van der Waals surface area (Å²) in [6, 6.07) is 3.55. The minimum absolute atomic E-state index is 0.124. The Morgan fingerprint density at radius 2 is 2.23 bits per heavy atom. The molecule has 0 saturated heterocycles. The highest BCUT2D eigenvalue weighted by Crippen LogP contribution is 2.23. The van der Waals surface area contributed by atoms with E-state index in [1.165, 1.54) is 18.7 Å². The van der Waals surface area contributed by atoms with Gasteiger partial charge >= 0.3 is 0 Å². The van der Waals surface area contributed by atoms with Crippen LogP contribution in [0.5, 0.6) is 5.75 Å². The summed E-state index contributed by atoms with van der Waals surface area (Å²) in [4.78, 5) is 32.1. The number of carbonyl (C=O) groups is 1. The van der Waals surface area contributed by atoms with Crippen molar-refractivity contribution in [2.45, 2.75) is 32.5 Å². The number of rotatable bonds is 8. The van der Waals surface area contributed by atoms with E-state index < -0.39 is 0 Å². The molecule has 164 valence electrons. The number of aryl methyl sites for hydroxylation is 1. The number of methoxy groups -OCH3 is 1. The van der Waals surface area contributed by atoms with Crippen molar-refractivity contribution in [2.24, 2.45) is 0 Å². The number of nitrogens with one attached hydrogen (secondary N) is 1. The number of fused-ring (bicyclic) bond motifs is 1. The van der Waals surface area contributed by atoms with Crippen molar-refractivity contribution in [3.05, 3.63) is 68.8 Å². The van der Waals surface area contributed by atoms with Crippen LogP contribution in [0.1, 0.15) is 28.0 Å². The van der Waals surface area contributed by atoms with E-state index in [0.29, 0.717) is 30.8 Å². The van der Waals surface area contributed by atoms with Gasteiger partial charge in [-0.2, -0.15) is 11.3 Å². The second-order valence-corrected chi connectivity index (χ2v) is 8.37. The van der Waals surface area contributed by atoms with Crippen molar-refractivity contribution in [1.29, 1.82) is 0 Å². The normalized spacial score (nSPS) is 14.1. The van der Waals surface area contributed by atoms with Gasteiger partial charge in [-0.05, 0) is 28.8 Å². The number of carbonyl (C=O) groups excluding carboxylic acids is 1. The van der Waals surface area contributed by atoms with Crippen LogP contribution >= 0.6 is 11.3 Å². The average molecular weight is 442 g/mol. The summed E-state index contributed by atoms with van der Waals surface area (Å²) in [6.45, 7) is 4.26. The zero-order valence-corrected chi connectivity index (χ0v) is 18.4. The van der Waals surface area contributed by atoms with Crippen LogP contribution in [0.2, 0.25) is 0 Å². The Balaban J connectivity index is 1.48. The Morgan fingerprint density at radius 1 is 1.32 bits per heavy atom. The van der Waals surface area contributed by atoms with Gasteiger partial charge in [-0.15, -0.1) is 0 Å². The Kier molecular flexibility index (Phi) is 6.83. The van der Waals surface area contributed by atoms with Gasteiger partial charge in [-0.1, -0.05) is 0 Å². The first-order valence-corrected chi connectivity index (χ1v) is 11.4. The fourth-order valence-electron chi connectivity index (χ4n) is 3.97. The Hall–Kier alpha value is -2.91. The highest BCUT2D eigenvalue weighted by Gasteiger charge is 2.25. The van der Waals surface area contributed by atoms with Crippen molar-refractivity contribution in [3.8, 4) is 5.75 Å². The van der Waals surface area contributed by atoms with Gasteiger partial charge in [0.15, 0.2) is 0 Å². The van der Waals surface area contributed by atoms with E-state index in [2.05, 4.69) is 32.0 Å². The maximum Gasteiger partial charge on any atom is 0.256 e. The summed E-state index contributed by atoms with van der Waals surface area (Å²) in [7, 11) is 1.50. The molecule has 0 unspecified atom stereocenters. The summed E-state index contributed by atoms with van der Waals surface area (Å²) in [6.07, 6.45) is 6.80. The van der Waals surface area contributed by atoms with E-state index in [1.54, 1.807) is 28.4 Å². The molecule has 1 N–H and O–H groups in total. The van der Waals surface area contributed by atoms with Crippen molar-refractivity contribution in [2.75, 3.05) is 26.7 Å². The lowest BCUT2D eigenvalue weighted by molar-refractivity contribution is 0.0947. The van der Waals surface area contributed by atoms with E-state index in [4.69, 9.17) is 4.74 Å². The first-order chi connectivity index (χ1) is 15.2. The molecule has 0 radical (unpaired) electrons. The van der Waals surface area contributed by atoms with Crippen LogP contribution in [-0.2, 0) is 26.1 Å². The molecule has 4 rings (SSSR count). The SMILES string of the molecule is COc1cc(=O)n2c(c1C(=O)NCCCn1ccnc1)CCN(Cc1ccsc1)CC2. The van der Waals surface area contributed by atoms with E-state index in [1.807, 2.05) is 10.8 Å². The van der Waals surface area contributed by atoms with E-state index >= 15 is 0 Å². The summed E-state index contributed by atoms with van der Waals surface area (Å²) in [5.41, 5.74) is 2.38. The quantitative estimate of drug-likeness (QED) is 0.541. The predicted octanol–water partition coefficient (Wildman–Crippen LogP) is 1.99. The molecule has 9 heteroatoms. The van der Waals surface area contributed by atoms with Gasteiger partial charge in [0.1, 0.15) is 11.3 Å². The molecular formula is C22H27N5O3S. The summed E-state index contributed by atoms with van der Waals surface area (Å²) >= 11 is 1.69. The van der Waals surface area contributed by atoms with Crippen LogP contribution in [-0.4, -0.2) is 51.7 Å². The lowest BCUT2D eigenvalue weighted by Gasteiger charge is -2.18. The molecule has 0 saturated carbocycles. The molecule has 0 atom stereocenters. The minimum Gasteiger partial charge on any atom is -0.496 e. The molecule has 3 aromatic heterocycles. The second kappa shape index (κ2) is 9.93. The van der Waals surface area contributed by atoms with Gasteiger partial charge in [0.25, 0.3) is 11.5 Å². The summed E-state index contributed by atoms with van der Waals surface area (Å²) in [5.74, 6) is 0.146. The van der Waals surface area contributed by atoms with Crippen molar-refractivity contribution < 1.29 is 9.53 Å². The van der Waals surface area contributed by atoms with E-state index in [-0.39, 0.29) is 11.5 Å². The number of nitrogens with zero attached hydrogens (tertiary/aromatic N) is 4. The third-order valence-electron chi connectivity index (χ3n) is 5.56. The van der Waals surface area contributed by atoms with Gasteiger partial charge in [-0.25, -0.2) is 4.98 Å². The van der Waals surface area contributed by atoms with Gasteiger partial charge < -0.3 is 19.2 Å². The largest absolute Gasteiger partial charge is 0.496 e. The number of aromatic nitrogens is 3. The highest BCUT2D eigenvalue weighted by molar-refractivity contribution is 7.07. The molecule has 3 aromatic rings. The third-order valence-corrected chi connectivity index (χ3v) is 6.29. The number of hydrogen-bond donors (Lipinski definition) is 1. The van der Waals surface area contributed by atoms with Crippen molar-refractivity contribution in [1.82, 2.24) is 24.3 Å². The molecule has 0 aromatic carbocycles. The molecule has 0 fully saturated rings. The molecule has 8 nitrogen and oxygen atoms in total. The molecule has 31 heavy (non-hydrogen) atoms. The molecule has 0 bridgehead atoms. The maximum absolute atomic E-state index is 13.1. The lowest BCUT2D eigenvalue weighted by Crippen LogP contribution is -2.32. The monoisotopic (exact) mass is 441 g/mol. The smallest absolute Gasteiger partial charge is 0.256 e. The average Bonchev–Trinajstić information content (AvgIpc) is 3.43. The first kappa shape index (κ1) is 21.3. The fraction of sp³-hybridized carbons (Fsp3) is 0.409. The van der Waals surface area contributed by atoms with Crippen molar-refractivity contribution in [3.63, 3.8) is 0 Å². The Morgan fingerprint density at radius 3 is 2.97 bits per heavy atom. The first-order valence-electron chi connectivity index (χ1n) is 10.4. The molecule has 4 heterocycles. The summed E-state index contributed by atoms with van der Waals surface area (Å²) in [5, 5.41) is 7.22. The van der Waals surface area contributed by atoms with Gasteiger partial charge in [-0.3, -0.25) is 14.5 Å². The predicted molar refractivity (Wildman–Crippen MR) is 120 cm³/mol. The van der Waals surface area contributed by atoms with Crippen LogP contribution < -0.4 is 15.6 Å². The van der Waals surface area contributed by atoms with Crippen LogP contribution in [0.25, 0.3) is 0 Å². The van der Waals surface area contributed by atoms with Crippen molar-refractivity contribution >= 4 is 17.2 Å². The molecule has 1 aliphatic heterocycles. The lowest BCUT2D eigenvalue weighted by atomic mass is 10.1. The van der Waals surface area contributed by atoms with Gasteiger partial charge in [0, 0.05) is 69.8 Å². The number of imidazole rings is 1. The zero-order valence-electron chi connectivity index (χ0n) is 17.6. The molecule has 1 amide bonds. The minimum atomic E-state index is -0.197. The Bertz CT molecular complexity index is 1060. The van der Waals surface area contributed by atoms with Crippen LogP contribution in [0.15, 0.2) is 46.4 Å². The number of thiophene rings is 1. The van der Waals surface area contributed by atoms with Gasteiger partial charge in [0.05, 0.1) is 13.4 Å². The molecule has 0 aliphatic carbocycles. The topological polar surface area (TPSA) is 81.4 Å². The molecular weight excluding hydrogens is 414 g/mol. The van der Waals surface area contributed by atoms with Gasteiger partial charge in [0.2, 0.25) is 0 Å². The third kappa shape index (κ3) is 5.05. The van der Waals surface area contributed by atoms with E-state index in [9.17, 15) is 9.59 Å². The number of pyridine rings is 1. The van der Waals surface area contributed by atoms with Crippen LogP contribution in [0.3, 0.4) is 0 Å². The fourth-order valence-corrected chi connectivity index (χ4v) is 4.63. The second-order valence-electron chi connectivity index (χ2n) is 7.59. The van der Waals surface area contributed by atoms with Crippen LogP contribution in [0, 0.1) is 0 Å². The standard InChI is InChI=1S/C22H27N5O3S/c1-30-19-13-20(28)27-11-10-25(14-17-4-12-31-15-17)8-3-18(27)21(19)22(29)24-5-2-7-26-9-6-23-16-26/h4,6,9,12-13,15-16H,2-3,5,7-8,10-11,14H2,1H3,(H,24,29). The zero-order chi connectivity index (χ0) is 21.6. The van der Waals surface area contributed by atoms with Crippen LogP contribution in [0.4, 0.5) is 0 Å². The summed E-state index contributed by atoms with van der Waals surface area (Å²) < 4.78 is 9.14.